The average molecular weight is 300 g/mol. The van der Waals surface area contributed by atoms with Crippen LogP contribution in [0.2, 0.25) is 0 Å². The molecule has 1 rings (SSSR count). The van der Waals surface area contributed by atoms with Crippen molar-refractivity contribution in [2.45, 2.75) is 19.3 Å². The lowest BCUT2D eigenvalue weighted by Gasteiger charge is -2.18. The summed E-state index contributed by atoms with van der Waals surface area (Å²) in [5.41, 5.74) is 0.837. The molecule has 1 aromatic rings. The number of benzene rings is 1. The van der Waals surface area contributed by atoms with E-state index in [9.17, 15) is 14.9 Å². The van der Waals surface area contributed by atoms with Crippen molar-refractivity contribution < 1.29 is 9.72 Å². The van der Waals surface area contributed by atoms with Crippen LogP contribution in [0.25, 0.3) is 0 Å². The standard InChI is InChI=1S/C12H14BrNO3/c1-2-9(8-15)12(7-14(16)17)10-3-5-11(13)6-4-10/h3-6,8-9,12H,2,7H2,1H3/t9-,12-/m0/s1. The lowest BCUT2D eigenvalue weighted by Crippen LogP contribution is -2.22. The monoisotopic (exact) mass is 299 g/mol. The highest BCUT2D eigenvalue weighted by Gasteiger charge is 2.26. The van der Waals surface area contributed by atoms with Crippen LogP contribution in [0.1, 0.15) is 24.8 Å². The zero-order valence-corrected chi connectivity index (χ0v) is 11.1. The van der Waals surface area contributed by atoms with Crippen LogP contribution < -0.4 is 0 Å². The first-order valence-electron chi connectivity index (χ1n) is 5.41. The van der Waals surface area contributed by atoms with Crippen molar-refractivity contribution >= 4 is 22.2 Å². The Bertz CT molecular complexity index is 391. The first-order chi connectivity index (χ1) is 8.08. The van der Waals surface area contributed by atoms with E-state index in [4.69, 9.17) is 0 Å². The molecule has 0 radical (unpaired) electrons. The summed E-state index contributed by atoms with van der Waals surface area (Å²) in [6.07, 6.45) is 1.42. The number of carbonyl (C=O) groups is 1. The van der Waals surface area contributed by atoms with E-state index >= 15 is 0 Å². The number of carbonyl (C=O) groups excluding carboxylic acids is 1. The quantitative estimate of drug-likeness (QED) is 0.461. The maximum absolute atomic E-state index is 11.0. The fourth-order valence-electron chi connectivity index (χ4n) is 1.83. The van der Waals surface area contributed by atoms with Gasteiger partial charge < -0.3 is 4.79 Å². The molecule has 0 bridgehead atoms. The highest BCUT2D eigenvalue weighted by molar-refractivity contribution is 9.10. The van der Waals surface area contributed by atoms with E-state index in [1.165, 1.54) is 0 Å². The molecule has 0 aliphatic heterocycles. The van der Waals surface area contributed by atoms with Crippen molar-refractivity contribution in [3.63, 3.8) is 0 Å². The Kier molecular flexibility index (Phi) is 5.28. The number of nitro groups is 1. The van der Waals surface area contributed by atoms with E-state index < -0.39 is 0 Å². The third kappa shape index (κ3) is 3.93. The molecule has 0 aliphatic rings. The van der Waals surface area contributed by atoms with Crippen molar-refractivity contribution in [2.24, 2.45) is 5.92 Å². The molecule has 2 atom stereocenters. The zero-order valence-electron chi connectivity index (χ0n) is 9.51. The molecular formula is C12H14BrNO3. The number of aldehydes is 1. The van der Waals surface area contributed by atoms with E-state index in [1.807, 2.05) is 31.2 Å². The number of halogens is 1. The van der Waals surface area contributed by atoms with Gasteiger partial charge in [-0.2, -0.15) is 0 Å². The zero-order chi connectivity index (χ0) is 12.8. The first kappa shape index (κ1) is 13.8. The topological polar surface area (TPSA) is 60.2 Å². The van der Waals surface area contributed by atoms with Crippen molar-refractivity contribution in [3.05, 3.63) is 44.4 Å². The maximum Gasteiger partial charge on any atom is 0.211 e. The van der Waals surface area contributed by atoms with Crippen LogP contribution in [0.3, 0.4) is 0 Å². The Morgan fingerprint density at radius 2 is 2.00 bits per heavy atom. The third-order valence-electron chi connectivity index (χ3n) is 2.81. The Labute approximate surface area is 108 Å². The molecule has 17 heavy (non-hydrogen) atoms. The van der Waals surface area contributed by atoms with Crippen molar-refractivity contribution in [2.75, 3.05) is 6.54 Å². The van der Waals surface area contributed by atoms with Crippen LogP contribution in [0.5, 0.6) is 0 Å². The maximum atomic E-state index is 11.0. The highest BCUT2D eigenvalue weighted by atomic mass is 79.9. The minimum absolute atomic E-state index is 0.209. The smallest absolute Gasteiger partial charge is 0.211 e. The van der Waals surface area contributed by atoms with Crippen LogP contribution in [-0.4, -0.2) is 17.8 Å². The number of hydrogen-bond acceptors (Lipinski definition) is 3. The van der Waals surface area contributed by atoms with Crippen LogP contribution in [0.4, 0.5) is 0 Å². The highest BCUT2D eigenvalue weighted by Crippen LogP contribution is 2.27. The molecule has 0 fully saturated rings. The molecule has 5 heteroatoms. The minimum atomic E-state index is -0.362. The second-order valence-electron chi connectivity index (χ2n) is 3.88. The van der Waals surface area contributed by atoms with E-state index in [2.05, 4.69) is 15.9 Å². The fourth-order valence-corrected chi connectivity index (χ4v) is 2.10. The van der Waals surface area contributed by atoms with E-state index in [0.29, 0.717) is 6.42 Å². The van der Waals surface area contributed by atoms with Gasteiger partial charge in [-0.25, -0.2) is 0 Å². The fraction of sp³-hybridized carbons (Fsp3) is 0.417. The molecule has 0 saturated carbocycles. The van der Waals surface area contributed by atoms with Crippen LogP contribution >= 0.6 is 15.9 Å². The van der Waals surface area contributed by atoms with Gasteiger partial charge in [0.1, 0.15) is 6.29 Å². The van der Waals surface area contributed by atoms with Gasteiger partial charge in [0.15, 0.2) is 0 Å². The Morgan fingerprint density at radius 3 is 2.41 bits per heavy atom. The van der Waals surface area contributed by atoms with Gasteiger partial charge >= 0.3 is 0 Å². The van der Waals surface area contributed by atoms with Crippen molar-refractivity contribution in [3.8, 4) is 0 Å². The summed E-state index contributed by atoms with van der Waals surface area (Å²) in [6.45, 7) is 1.66. The van der Waals surface area contributed by atoms with Crippen LogP contribution in [0, 0.1) is 16.0 Å². The third-order valence-corrected chi connectivity index (χ3v) is 3.34. The molecule has 0 saturated heterocycles. The second kappa shape index (κ2) is 6.49. The van der Waals surface area contributed by atoms with E-state index in [0.717, 1.165) is 16.3 Å². The number of hydrogen-bond donors (Lipinski definition) is 0. The van der Waals surface area contributed by atoms with Gasteiger partial charge in [-0.05, 0) is 24.1 Å². The largest absolute Gasteiger partial charge is 0.303 e. The average Bonchev–Trinajstić information content (AvgIpc) is 2.30. The van der Waals surface area contributed by atoms with Gasteiger partial charge in [0.05, 0.1) is 5.92 Å². The van der Waals surface area contributed by atoms with Crippen LogP contribution in [-0.2, 0) is 4.79 Å². The second-order valence-corrected chi connectivity index (χ2v) is 4.80. The summed E-state index contributed by atoms with van der Waals surface area (Å²) < 4.78 is 0.917. The summed E-state index contributed by atoms with van der Waals surface area (Å²) in [5, 5.41) is 10.7. The predicted molar refractivity (Wildman–Crippen MR) is 68.6 cm³/mol. The summed E-state index contributed by atoms with van der Waals surface area (Å²) in [7, 11) is 0. The predicted octanol–water partition coefficient (Wildman–Crippen LogP) is 3.03. The summed E-state index contributed by atoms with van der Waals surface area (Å²) in [5.74, 6) is -0.651. The molecule has 0 N–H and O–H groups in total. The van der Waals surface area contributed by atoms with Crippen molar-refractivity contribution in [1.29, 1.82) is 0 Å². The Balaban J connectivity index is 3.00. The molecule has 0 aliphatic carbocycles. The molecule has 0 heterocycles. The Morgan fingerprint density at radius 1 is 1.41 bits per heavy atom. The first-order valence-corrected chi connectivity index (χ1v) is 6.20. The van der Waals surface area contributed by atoms with Gasteiger partial charge in [-0.1, -0.05) is 35.0 Å². The molecule has 0 aromatic heterocycles. The Hall–Kier alpha value is -1.23. The van der Waals surface area contributed by atoms with Crippen LogP contribution in [0.15, 0.2) is 28.7 Å². The molecule has 0 amide bonds. The summed E-state index contributed by atoms with van der Waals surface area (Å²) in [4.78, 5) is 21.3. The summed E-state index contributed by atoms with van der Waals surface area (Å²) >= 11 is 3.31. The van der Waals surface area contributed by atoms with E-state index in [1.54, 1.807) is 0 Å². The SMILES string of the molecule is CC[C@@H](C=O)[C@H](C[N+](=O)[O-])c1ccc(Br)cc1. The molecule has 0 spiro atoms. The normalized spacial score (nSPS) is 14.0. The van der Waals surface area contributed by atoms with E-state index in [-0.39, 0.29) is 23.3 Å². The van der Waals surface area contributed by atoms with Gasteiger partial charge in [-0.3, -0.25) is 10.1 Å². The minimum Gasteiger partial charge on any atom is -0.303 e. The molecule has 92 valence electrons. The lowest BCUT2D eigenvalue weighted by atomic mass is 9.85. The number of rotatable bonds is 6. The molecule has 4 nitrogen and oxygen atoms in total. The summed E-state index contributed by atoms with van der Waals surface area (Å²) in [6, 6.07) is 7.31. The molecular weight excluding hydrogens is 286 g/mol. The van der Waals surface area contributed by atoms with Gasteiger partial charge in [-0.15, -0.1) is 0 Å². The number of nitrogens with zero attached hydrogens (tertiary/aromatic N) is 1. The van der Waals surface area contributed by atoms with Crippen molar-refractivity contribution in [1.82, 2.24) is 0 Å². The molecule has 1 aromatic carbocycles. The van der Waals surface area contributed by atoms with Gasteiger partial charge in [0.25, 0.3) is 0 Å². The lowest BCUT2D eigenvalue weighted by molar-refractivity contribution is -0.484. The van der Waals surface area contributed by atoms with Gasteiger partial charge in [0.2, 0.25) is 6.54 Å². The van der Waals surface area contributed by atoms with Gasteiger partial charge in [0, 0.05) is 15.3 Å². The molecule has 0 unspecified atom stereocenters.